The average molecular weight is 839 g/mol. The summed E-state index contributed by atoms with van der Waals surface area (Å²) >= 11 is 7.30. The van der Waals surface area contributed by atoms with Crippen molar-refractivity contribution in [2.45, 2.75) is 25.7 Å². The van der Waals surface area contributed by atoms with Crippen LogP contribution in [0.5, 0.6) is 0 Å². The third-order valence-corrected chi connectivity index (χ3v) is 113. The third kappa shape index (κ3) is 12.7. The summed E-state index contributed by atoms with van der Waals surface area (Å²) in [6, 6.07) is 44.8. The molecule has 7 heteroatoms. The van der Waals surface area contributed by atoms with Gasteiger partial charge in [-0.1, -0.05) is 0 Å². The van der Waals surface area contributed by atoms with Crippen molar-refractivity contribution in [2.75, 3.05) is 24.6 Å². The standard InChI is InChI=1S/2C16H19PSe2.Ca/c2*18-17(19,13-11-15-7-3-1-4-8-15)14-12-16-9-5-2-6-10-16;/h2*1-10H,11-14H2,(H,18,19);/q;;+2/p-2. The Bertz CT molecular complexity index is 1140. The fourth-order valence-electron chi connectivity index (χ4n) is 4.47. The van der Waals surface area contributed by atoms with Crippen LogP contribution in [0.4, 0.5) is 0 Å². The zero-order valence-corrected chi connectivity index (χ0v) is 33.3. The fraction of sp³-hybridized carbons (Fsp3) is 0.250. The molecule has 0 aliphatic rings. The van der Waals surface area contributed by atoms with Gasteiger partial charge in [0.1, 0.15) is 0 Å². The number of hydrogen-bond donors (Lipinski definition) is 0. The van der Waals surface area contributed by atoms with Crippen LogP contribution in [0.3, 0.4) is 0 Å². The van der Waals surface area contributed by atoms with Gasteiger partial charge in [0, 0.05) is 0 Å². The zero-order valence-electron chi connectivity index (χ0n) is 22.4. The maximum atomic E-state index is 3.93. The molecule has 200 valence electrons. The van der Waals surface area contributed by atoms with E-state index in [1.54, 1.807) is 0 Å². The molecule has 0 nitrogen and oxygen atoms in total. The van der Waals surface area contributed by atoms with Crippen molar-refractivity contribution in [3.63, 3.8) is 0 Å². The topological polar surface area (TPSA) is 0 Å². The van der Waals surface area contributed by atoms with E-state index in [1.165, 1.54) is 72.6 Å². The Hall–Kier alpha value is 1.08. The van der Waals surface area contributed by atoms with Gasteiger partial charge in [-0.05, 0) is 0 Å². The van der Waals surface area contributed by atoms with Crippen molar-refractivity contribution in [1.29, 1.82) is 0 Å². The summed E-state index contributed by atoms with van der Waals surface area (Å²) in [4.78, 5) is 0. The first-order valence-corrected chi connectivity index (χ1v) is 38.6. The average Bonchev–Trinajstić information content (AvgIpc) is 2.99. The van der Waals surface area contributed by atoms with E-state index < -0.39 is 36.3 Å². The first-order chi connectivity index (χ1) is 19.0. The molecule has 0 aliphatic carbocycles. The van der Waals surface area contributed by atoms with Crippen LogP contribution in [0, 0.1) is 0 Å². The summed E-state index contributed by atoms with van der Waals surface area (Å²) in [5, 5.41) is 0. The Morgan fingerprint density at radius 3 is 0.872 bits per heavy atom. The number of hydrogen-bond acceptors (Lipinski definition) is 0. The molecule has 0 radical (unpaired) electrons. The molecule has 0 N–H and O–H groups in total. The molecule has 0 aromatic heterocycles. The summed E-state index contributed by atoms with van der Waals surface area (Å²) in [5.41, 5.74) is 6.06. The molecule has 0 unspecified atom stereocenters. The van der Waals surface area contributed by atoms with Crippen LogP contribution in [0.15, 0.2) is 121 Å². The van der Waals surface area contributed by atoms with Crippen molar-refractivity contribution in [3.8, 4) is 0 Å². The summed E-state index contributed by atoms with van der Waals surface area (Å²) in [6.07, 6.45) is 10.6. The van der Waals surface area contributed by atoms with E-state index in [0.717, 1.165) is 16.5 Å². The van der Waals surface area contributed by atoms with Crippen molar-refractivity contribution in [3.05, 3.63) is 144 Å². The molecule has 4 aromatic carbocycles. The molecule has 39 heavy (non-hydrogen) atoms. The molecular formula is C32H36CaP2Se4. The Morgan fingerprint density at radius 2 is 0.641 bits per heavy atom. The first-order valence-electron chi connectivity index (χ1n) is 13.6. The third-order valence-electron chi connectivity index (χ3n) is 6.91. The molecule has 0 bridgehead atoms. The van der Waals surface area contributed by atoms with E-state index in [9.17, 15) is 0 Å². The van der Waals surface area contributed by atoms with Crippen LogP contribution in [-0.2, 0) is 25.7 Å². The first kappa shape index (κ1) is 33.0. The van der Waals surface area contributed by atoms with E-state index in [1.807, 2.05) is 0 Å². The number of benzene rings is 4. The van der Waals surface area contributed by atoms with Crippen molar-refractivity contribution in [1.82, 2.24) is 0 Å². The van der Waals surface area contributed by atoms with E-state index in [4.69, 9.17) is 0 Å². The SMILES string of the molecule is [Se]=P(CCc1ccccc1)(CCc1ccccc1)[Se][Ca][Se]P(=[Se])(CCc1ccccc1)CCc1ccccc1. The fourth-order valence-corrected chi connectivity index (χ4v) is 176. The van der Waals surface area contributed by atoms with Crippen LogP contribution in [-0.4, -0.2) is 99.3 Å². The molecule has 0 heterocycles. The summed E-state index contributed by atoms with van der Waals surface area (Å²) in [7, 11) is 1.77. The van der Waals surface area contributed by atoms with Crippen LogP contribution < -0.4 is 0 Å². The second-order valence-electron chi connectivity index (χ2n) is 9.84. The number of rotatable bonds is 16. The summed E-state index contributed by atoms with van der Waals surface area (Å²) in [6.45, 7) is 0. The Balaban J connectivity index is 1.41. The van der Waals surface area contributed by atoms with Gasteiger partial charge >= 0.3 is 277 Å². The van der Waals surface area contributed by atoms with Crippen LogP contribution >= 0.6 is 8.40 Å². The molecule has 0 amide bonds. The van der Waals surface area contributed by atoms with Crippen molar-refractivity contribution in [2.24, 2.45) is 0 Å². The second kappa shape index (κ2) is 18.0. The van der Waals surface area contributed by atoms with Gasteiger partial charge in [0.25, 0.3) is 0 Å². The molecule has 4 aromatic rings. The van der Waals surface area contributed by atoms with E-state index in [0.29, 0.717) is 0 Å². The Morgan fingerprint density at radius 1 is 0.410 bits per heavy atom. The van der Waals surface area contributed by atoms with Gasteiger partial charge in [-0.2, -0.15) is 0 Å². The number of aryl methyl sites for hydroxylation is 4. The van der Waals surface area contributed by atoms with Gasteiger partial charge in [0.05, 0.1) is 0 Å². The quantitative estimate of drug-likeness (QED) is 0.0850. The summed E-state index contributed by atoms with van der Waals surface area (Å²) in [5.74, 6) is 0. The predicted octanol–water partition coefficient (Wildman–Crippen LogP) is 6.93. The Labute approximate surface area is 273 Å². The molecule has 0 fully saturated rings. The van der Waals surface area contributed by atoms with E-state index >= 15 is 0 Å². The zero-order chi connectivity index (χ0) is 27.2. The van der Waals surface area contributed by atoms with Gasteiger partial charge in [-0.15, -0.1) is 0 Å². The van der Waals surface area contributed by atoms with Crippen LogP contribution in [0.25, 0.3) is 0 Å². The molecule has 0 spiro atoms. The molecular weight excluding hydrogens is 802 g/mol. The van der Waals surface area contributed by atoms with Crippen LogP contribution in [0.2, 0.25) is 0 Å². The van der Waals surface area contributed by atoms with Gasteiger partial charge < -0.3 is 0 Å². The van der Waals surface area contributed by atoms with Crippen molar-refractivity contribution < 1.29 is 0 Å². The normalized spacial score (nSPS) is 11.7. The molecule has 0 saturated carbocycles. The van der Waals surface area contributed by atoms with Crippen LogP contribution in [0.1, 0.15) is 22.3 Å². The van der Waals surface area contributed by atoms with Gasteiger partial charge in [0.15, 0.2) is 0 Å². The minimum atomic E-state index is -1.000. The maximum absolute atomic E-state index is 3.93. The van der Waals surface area contributed by atoms with E-state index in [2.05, 4.69) is 152 Å². The predicted molar refractivity (Wildman–Crippen MR) is 183 cm³/mol. The van der Waals surface area contributed by atoms with E-state index in [-0.39, 0.29) is 0 Å². The van der Waals surface area contributed by atoms with Gasteiger partial charge in [0.2, 0.25) is 0 Å². The van der Waals surface area contributed by atoms with Crippen molar-refractivity contribution >= 4 is 83.0 Å². The second-order valence-corrected chi connectivity index (χ2v) is 68.9. The van der Waals surface area contributed by atoms with Gasteiger partial charge in [-0.3, -0.25) is 0 Å². The van der Waals surface area contributed by atoms with Gasteiger partial charge in [-0.25, -0.2) is 0 Å². The Kier molecular flexibility index (Phi) is 15.2. The molecule has 0 aliphatic heterocycles. The molecule has 4 rings (SSSR count). The molecule has 0 saturated heterocycles. The monoisotopic (exact) mass is 842 g/mol. The summed E-state index contributed by atoms with van der Waals surface area (Å²) < 4.78 is -2.00. The minimum absolute atomic E-state index is 0.563. The molecule has 0 atom stereocenters.